The molecule has 0 saturated carbocycles. The summed E-state index contributed by atoms with van der Waals surface area (Å²) in [5.74, 6) is 0. The highest BCUT2D eigenvalue weighted by molar-refractivity contribution is 7.19. The molecule has 4 rings (SSSR count). The molecule has 0 aromatic carbocycles. The van der Waals surface area contributed by atoms with Crippen molar-refractivity contribution in [1.82, 2.24) is 29.5 Å². The Morgan fingerprint density at radius 1 is 1.54 bits per heavy atom. The number of H-pyrrole nitrogens is 1. The first-order valence-corrected chi connectivity index (χ1v) is 9.07. The van der Waals surface area contributed by atoms with Crippen LogP contribution in [-0.4, -0.2) is 35.2 Å². The van der Waals surface area contributed by atoms with E-state index in [2.05, 4.69) is 20.3 Å². The number of nitriles is 1. The maximum Gasteiger partial charge on any atom is 0.291 e. The number of fused-ring (bicyclic) bond motifs is 3. The minimum absolute atomic E-state index is 0.00587. The second kappa shape index (κ2) is 6.75. The molecule has 4 N–H and O–H groups in total. The normalized spacial score (nSPS) is 11.9. The second-order valence-electron chi connectivity index (χ2n) is 6.10. The van der Waals surface area contributed by atoms with E-state index in [-0.39, 0.29) is 23.4 Å². The summed E-state index contributed by atoms with van der Waals surface area (Å²) in [6, 6.07) is 3.72. The zero-order chi connectivity index (χ0) is 19.8. The van der Waals surface area contributed by atoms with Crippen LogP contribution >= 0.6 is 11.3 Å². The Kier molecular flexibility index (Phi) is 4.25. The van der Waals surface area contributed by atoms with Crippen LogP contribution in [0.25, 0.3) is 21.3 Å². The van der Waals surface area contributed by atoms with E-state index in [1.54, 1.807) is 24.0 Å². The molecule has 0 amide bonds. The molecule has 0 bridgehead atoms. The Balaban J connectivity index is 1.77. The van der Waals surface area contributed by atoms with Gasteiger partial charge in [0.1, 0.15) is 16.6 Å². The standard InChI is InChI=1S/C17H15N9OS/c1-25-14-11(7-22-26(17(14)27)8-12(20)9(5-18)6-19)15-16(25)23-13(28-15)4-10-2-3-21-24-10/h2-3,5,7,20H,4,8,18H2,1H3,(H,21,24)/b9-5-,20-12?. The van der Waals surface area contributed by atoms with Crippen LogP contribution in [0, 0.1) is 16.7 Å². The number of allylic oxidation sites excluding steroid dienone is 1. The molecular formula is C17H15N9OS. The van der Waals surface area contributed by atoms with Gasteiger partial charge in [0.2, 0.25) is 0 Å². The van der Waals surface area contributed by atoms with Crippen molar-refractivity contribution in [3.05, 3.63) is 51.3 Å². The number of thiazole rings is 1. The minimum Gasteiger partial charge on any atom is -0.403 e. The number of nitrogens with one attached hydrogen (secondary N) is 2. The number of nitrogens with two attached hydrogens (primary N) is 1. The predicted molar refractivity (Wildman–Crippen MR) is 105 cm³/mol. The molecular weight excluding hydrogens is 378 g/mol. The fourth-order valence-electron chi connectivity index (χ4n) is 3.01. The Morgan fingerprint density at radius 3 is 3.04 bits per heavy atom. The number of rotatable bonds is 5. The molecule has 140 valence electrons. The van der Waals surface area contributed by atoms with Gasteiger partial charge in [0.25, 0.3) is 5.56 Å². The number of aryl methyl sites for hydroxylation is 1. The van der Waals surface area contributed by atoms with Crippen molar-refractivity contribution >= 4 is 38.3 Å². The van der Waals surface area contributed by atoms with Crippen molar-refractivity contribution in [2.24, 2.45) is 12.8 Å². The van der Waals surface area contributed by atoms with E-state index < -0.39 is 0 Å². The van der Waals surface area contributed by atoms with Crippen LogP contribution in [0.1, 0.15) is 10.7 Å². The third-order valence-electron chi connectivity index (χ3n) is 4.38. The Hall–Kier alpha value is -3.78. The van der Waals surface area contributed by atoms with E-state index in [4.69, 9.17) is 16.4 Å². The van der Waals surface area contributed by atoms with Gasteiger partial charge in [0, 0.05) is 31.3 Å². The largest absolute Gasteiger partial charge is 0.403 e. The van der Waals surface area contributed by atoms with Gasteiger partial charge in [0.15, 0.2) is 5.65 Å². The maximum absolute atomic E-state index is 12.9. The van der Waals surface area contributed by atoms with Gasteiger partial charge < -0.3 is 15.7 Å². The highest BCUT2D eigenvalue weighted by atomic mass is 32.1. The van der Waals surface area contributed by atoms with Gasteiger partial charge in [-0.1, -0.05) is 0 Å². The van der Waals surface area contributed by atoms with E-state index >= 15 is 0 Å². The Morgan fingerprint density at radius 2 is 2.36 bits per heavy atom. The molecule has 11 heteroatoms. The molecule has 4 aromatic heterocycles. The molecule has 4 heterocycles. The average Bonchev–Trinajstić information content (AvgIpc) is 3.38. The third kappa shape index (κ3) is 2.76. The summed E-state index contributed by atoms with van der Waals surface area (Å²) in [6.07, 6.45) is 5.02. The number of aromatic amines is 1. The van der Waals surface area contributed by atoms with E-state index in [0.29, 0.717) is 23.0 Å². The molecule has 0 aliphatic rings. The van der Waals surface area contributed by atoms with Crippen molar-refractivity contribution in [3.8, 4) is 6.07 Å². The monoisotopic (exact) mass is 393 g/mol. The first-order valence-electron chi connectivity index (χ1n) is 8.25. The Bertz CT molecular complexity index is 1330. The van der Waals surface area contributed by atoms with Gasteiger partial charge in [-0.3, -0.25) is 9.89 Å². The average molecular weight is 393 g/mol. The van der Waals surface area contributed by atoms with Crippen LogP contribution in [0.2, 0.25) is 0 Å². The van der Waals surface area contributed by atoms with Crippen LogP contribution in [-0.2, 0) is 20.0 Å². The lowest BCUT2D eigenvalue weighted by molar-refractivity contribution is 0.674. The SMILES string of the molecule is Cn1c2nc(Cc3cc[nH]n3)sc2c2cnn(CC(=N)/C(C#N)=C\N)c(=O)c21. The maximum atomic E-state index is 12.9. The molecule has 4 aromatic rings. The number of nitrogens with zero attached hydrogens (tertiary/aromatic N) is 6. The van der Waals surface area contributed by atoms with Gasteiger partial charge in [-0.25, -0.2) is 9.67 Å². The first kappa shape index (κ1) is 17.6. The van der Waals surface area contributed by atoms with Crippen LogP contribution in [0.3, 0.4) is 0 Å². The topological polar surface area (TPSA) is 155 Å². The van der Waals surface area contributed by atoms with Crippen molar-refractivity contribution in [2.75, 3.05) is 0 Å². The molecule has 0 radical (unpaired) electrons. The van der Waals surface area contributed by atoms with Crippen molar-refractivity contribution < 1.29 is 0 Å². The van der Waals surface area contributed by atoms with Crippen molar-refractivity contribution in [3.63, 3.8) is 0 Å². The minimum atomic E-state index is -0.349. The highest BCUT2D eigenvalue weighted by Gasteiger charge is 2.19. The molecule has 0 unspecified atom stereocenters. The lowest BCUT2D eigenvalue weighted by atomic mass is 10.2. The Labute approximate surface area is 162 Å². The van der Waals surface area contributed by atoms with Gasteiger partial charge in [-0.2, -0.15) is 15.5 Å². The predicted octanol–water partition coefficient (Wildman–Crippen LogP) is 1.04. The summed E-state index contributed by atoms with van der Waals surface area (Å²) >= 11 is 1.50. The molecule has 0 aliphatic carbocycles. The van der Waals surface area contributed by atoms with E-state index in [9.17, 15) is 4.79 Å². The van der Waals surface area contributed by atoms with Crippen molar-refractivity contribution in [1.29, 1.82) is 10.7 Å². The summed E-state index contributed by atoms with van der Waals surface area (Å²) in [6.45, 7) is -0.137. The highest BCUT2D eigenvalue weighted by Crippen LogP contribution is 2.31. The van der Waals surface area contributed by atoms with Gasteiger partial charge in [0.05, 0.1) is 34.4 Å². The lowest BCUT2D eigenvalue weighted by Gasteiger charge is -2.06. The van der Waals surface area contributed by atoms with E-state index in [1.165, 1.54) is 11.3 Å². The van der Waals surface area contributed by atoms with Crippen LogP contribution in [0.4, 0.5) is 0 Å². The van der Waals surface area contributed by atoms with Gasteiger partial charge >= 0.3 is 0 Å². The zero-order valence-corrected chi connectivity index (χ0v) is 15.6. The fourth-order valence-corrected chi connectivity index (χ4v) is 4.13. The summed E-state index contributed by atoms with van der Waals surface area (Å²) < 4.78 is 3.78. The van der Waals surface area contributed by atoms with Crippen LogP contribution in [0.15, 0.2) is 35.0 Å². The fraction of sp³-hybridized carbons (Fsp3) is 0.176. The molecule has 0 aliphatic heterocycles. The second-order valence-corrected chi connectivity index (χ2v) is 7.19. The summed E-state index contributed by atoms with van der Waals surface area (Å²) in [7, 11) is 1.78. The van der Waals surface area contributed by atoms with Crippen LogP contribution < -0.4 is 11.3 Å². The molecule has 0 saturated heterocycles. The first-order chi connectivity index (χ1) is 13.5. The molecule has 0 spiro atoms. The smallest absolute Gasteiger partial charge is 0.291 e. The summed E-state index contributed by atoms with van der Waals surface area (Å²) in [5.41, 5.74) is 6.98. The molecule has 28 heavy (non-hydrogen) atoms. The van der Waals surface area contributed by atoms with Gasteiger partial charge in [-0.15, -0.1) is 11.3 Å². The molecule has 0 atom stereocenters. The third-order valence-corrected chi connectivity index (χ3v) is 5.46. The molecule has 0 fully saturated rings. The van der Waals surface area contributed by atoms with Crippen molar-refractivity contribution in [2.45, 2.75) is 13.0 Å². The summed E-state index contributed by atoms with van der Waals surface area (Å²) in [4.78, 5) is 17.6. The lowest BCUT2D eigenvalue weighted by Crippen LogP contribution is -2.28. The van der Waals surface area contributed by atoms with E-state index in [0.717, 1.165) is 26.3 Å². The summed E-state index contributed by atoms with van der Waals surface area (Å²) in [5, 5.41) is 29.6. The van der Waals surface area contributed by atoms with Crippen LogP contribution in [0.5, 0.6) is 0 Å². The number of aromatic nitrogens is 6. The zero-order valence-electron chi connectivity index (χ0n) is 14.8. The molecule has 10 nitrogen and oxygen atoms in total. The number of hydrogen-bond donors (Lipinski definition) is 3. The quantitative estimate of drug-likeness (QED) is 0.340. The number of hydrogen-bond acceptors (Lipinski definition) is 8. The van der Waals surface area contributed by atoms with E-state index in [1.807, 2.05) is 12.1 Å². The van der Waals surface area contributed by atoms with Gasteiger partial charge in [-0.05, 0) is 6.07 Å².